The third-order valence-electron chi connectivity index (χ3n) is 2.54. The molecular weight excluding hydrogens is 160 g/mol. The second-order valence-corrected chi connectivity index (χ2v) is 3.86. The standard InChI is InChI=1S/C11H12N2/c1-11(7-12)6-9-4-2-3-5-10(9)13-8-11/h2-5,13H,6,8H2,1H3/t11-/m1/s1. The van der Waals surface area contributed by atoms with E-state index < -0.39 is 0 Å². The molecule has 0 unspecified atom stereocenters. The highest BCUT2D eigenvalue weighted by molar-refractivity contribution is 5.54. The maximum absolute atomic E-state index is 8.99. The lowest BCUT2D eigenvalue weighted by Crippen LogP contribution is -2.31. The zero-order chi connectivity index (χ0) is 9.31. The predicted molar refractivity (Wildman–Crippen MR) is 52.4 cm³/mol. The molecule has 0 spiro atoms. The van der Waals surface area contributed by atoms with Crippen LogP contribution in [0.3, 0.4) is 0 Å². The number of nitrogens with one attached hydrogen (secondary N) is 1. The lowest BCUT2D eigenvalue weighted by Gasteiger charge is -2.29. The fourth-order valence-corrected chi connectivity index (χ4v) is 1.70. The molecule has 0 saturated carbocycles. The lowest BCUT2D eigenvalue weighted by atomic mass is 9.82. The van der Waals surface area contributed by atoms with Gasteiger partial charge in [-0.1, -0.05) is 18.2 Å². The first kappa shape index (κ1) is 8.12. The Kier molecular flexibility index (Phi) is 1.73. The van der Waals surface area contributed by atoms with Crippen LogP contribution >= 0.6 is 0 Å². The van der Waals surface area contributed by atoms with Gasteiger partial charge in [0.2, 0.25) is 0 Å². The topological polar surface area (TPSA) is 35.8 Å². The summed E-state index contributed by atoms with van der Waals surface area (Å²) < 4.78 is 0. The fourth-order valence-electron chi connectivity index (χ4n) is 1.70. The molecule has 0 amide bonds. The first-order valence-corrected chi connectivity index (χ1v) is 4.47. The molecule has 1 heterocycles. The van der Waals surface area contributed by atoms with Crippen LogP contribution in [0.25, 0.3) is 0 Å². The largest absolute Gasteiger partial charge is 0.383 e. The van der Waals surface area contributed by atoms with Crippen molar-refractivity contribution in [3.63, 3.8) is 0 Å². The first-order valence-electron chi connectivity index (χ1n) is 4.47. The Hall–Kier alpha value is -1.49. The van der Waals surface area contributed by atoms with E-state index in [1.54, 1.807) is 0 Å². The fraction of sp³-hybridized carbons (Fsp3) is 0.364. The second-order valence-electron chi connectivity index (χ2n) is 3.86. The van der Waals surface area contributed by atoms with Gasteiger partial charge in [0.05, 0.1) is 11.5 Å². The van der Waals surface area contributed by atoms with Gasteiger partial charge in [0, 0.05) is 12.2 Å². The second kappa shape index (κ2) is 2.77. The minimum absolute atomic E-state index is 0.242. The van der Waals surface area contributed by atoms with E-state index in [9.17, 15) is 0 Å². The third kappa shape index (κ3) is 1.38. The van der Waals surface area contributed by atoms with E-state index in [1.165, 1.54) is 11.3 Å². The molecule has 1 N–H and O–H groups in total. The van der Waals surface area contributed by atoms with Gasteiger partial charge < -0.3 is 5.32 Å². The summed E-state index contributed by atoms with van der Waals surface area (Å²) >= 11 is 0. The zero-order valence-corrected chi connectivity index (χ0v) is 7.67. The number of nitriles is 1. The average Bonchev–Trinajstić information content (AvgIpc) is 2.18. The third-order valence-corrected chi connectivity index (χ3v) is 2.54. The van der Waals surface area contributed by atoms with E-state index >= 15 is 0 Å². The molecule has 0 fully saturated rings. The molecule has 0 saturated heterocycles. The van der Waals surface area contributed by atoms with Crippen molar-refractivity contribution >= 4 is 5.69 Å². The Balaban J connectivity index is 2.36. The van der Waals surface area contributed by atoms with E-state index in [-0.39, 0.29) is 5.41 Å². The van der Waals surface area contributed by atoms with E-state index in [2.05, 4.69) is 23.5 Å². The summed E-state index contributed by atoms with van der Waals surface area (Å²) in [6.07, 6.45) is 0.854. The number of hydrogen-bond donors (Lipinski definition) is 1. The molecular formula is C11H12N2. The normalized spacial score (nSPS) is 25.5. The summed E-state index contributed by atoms with van der Waals surface area (Å²) in [5.74, 6) is 0. The Bertz CT molecular complexity index is 365. The van der Waals surface area contributed by atoms with Crippen molar-refractivity contribution in [1.82, 2.24) is 0 Å². The quantitative estimate of drug-likeness (QED) is 0.651. The van der Waals surface area contributed by atoms with Crippen molar-refractivity contribution in [1.29, 1.82) is 5.26 Å². The highest BCUT2D eigenvalue weighted by Crippen LogP contribution is 2.31. The number of fused-ring (bicyclic) bond motifs is 1. The van der Waals surface area contributed by atoms with Gasteiger partial charge in [0.25, 0.3) is 0 Å². The minimum Gasteiger partial charge on any atom is -0.383 e. The van der Waals surface area contributed by atoms with E-state index in [4.69, 9.17) is 5.26 Å². The van der Waals surface area contributed by atoms with Crippen LogP contribution in [-0.2, 0) is 6.42 Å². The first-order chi connectivity index (χ1) is 6.23. The lowest BCUT2D eigenvalue weighted by molar-refractivity contribution is 0.455. The van der Waals surface area contributed by atoms with Crippen molar-refractivity contribution in [2.75, 3.05) is 11.9 Å². The van der Waals surface area contributed by atoms with Crippen LogP contribution < -0.4 is 5.32 Å². The molecule has 66 valence electrons. The van der Waals surface area contributed by atoms with E-state index in [0.717, 1.165) is 13.0 Å². The number of rotatable bonds is 0. The van der Waals surface area contributed by atoms with Gasteiger partial charge >= 0.3 is 0 Å². The van der Waals surface area contributed by atoms with Crippen LogP contribution in [0.2, 0.25) is 0 Å². The summed E-state index contributed by atoms with van der Waals surface area (Å²) in [5, 5.41) is 12.3. The molecule has 2 heteroatoms. The maximum atomic E-state index is 8.99. The molecule has 1 aliphatic rings. The van der Waals surface area contributed by atoms with Crippen molar-refractivity contribution in [3.05, 3.63) is 29.8 Å². The summed E-state index contributed by atoms with van der Waals surface area (Å²) in [6, 6.07) is 10.5. The number of nitrogens with zero attached hydrogens (tertiary/aromatic N) is 1. The highest BCUT2D eigenvalue weighted by Gasteiger charge is 2.29. The molecule has 0 radical (unpaired) electrons. The molecule has 0 aromatic heterocycles. The molecule has 2 nitrogen and oxygen atoms in total. The van der Waals surface area contributed by atoms with Crippen LogP contribution in [0.5, 0.6) is 0 Å². The Morgan fingerprint density at radius 3 is 3.00 bits per heavy atom. The van der Waals surface area contributed by atoms with Gasteiger partial charge in [-0.2, -0.15) is 5.26 Å². The maximum Gasteiger partial charge on any atom is 0.0758 e. The van der Waals surface area contributed by atoms with Crippen molar-refractivity contribution in [2.24, 2.45) is 5.41 Å². The Morgan fingerprint density at radius 1 is 1.46 bits per heavy atom. The zero-order valence-electron chi connectivity index (χ0n) is 7.67. The molecule has 13 heavy (non-hydrogen) atoms. The number of benzene rings is 1. The summed E-state index contributed by atoms with van der Waals surface area (Å²) in [7, 11) is 0. The van der Waals surface area contributed by atoms with Crippen LogP contribution in [0.1, 0.15) is 12.5 Å². The Morgan fingerprint density at radius 2 is 2.23 bits per heavy atom. The van der Waals surface area contributed by atoms with Crippen LogP contribution in [0.15, 0.2) is 24.3 Å². The highest BCUT2D eigenvalue weighted by atomic mass is 14.9. The van der Waals surface area contributed by atoms with Gasteiger partial charge in [0.15, 0.2) is 0 Å². The Labute approximate surface area is 78.2 Å². The molecule has 0 bridgehead atoms. The predicted octanol–water partition coefficient (Wildman–Crippen LogP) is 2.18. The van der Waals surface area contributed by atoms with Crippen molar-refractivity contribution < 1.29 is 0 Å². The molecule has 2 rings (SSSR count). The van der Waals surface area contributed by atoms with E-state index in [1.807, 2.05) is 19.1 Å². The molecule has 1 aliphatic heterocycles. The molecule has 1 aromatic rings. The smallest absolute Gasteiger partial charge is 0.0758 e. The SMILES string of the molecule is C[C@@]1(C#N)CNc2ccccc2C1. The summed E-state index contributed by atoms with van der Waals surface area (Å²) in [6.45, 7) is 2.75. The molecule has 1 atom stereocenters. The van der Waals surface area contributed by atoms with Crippen molar-refractivity contribution in [3.8, 4) is 6.07 Å². The monoisotopic (exact) mass is 172 g/mol. The van der Waals surface area contributed by atoms with Crippen LogP contribution in [0.4, 0.5) is 5.69 Å². The van der Waals surface area contributed by atoms with Gasteiger partial charge in [-0.05, 0) is 25.0 Å². The number of hydrogen-bond acceptors (Lipinski definition) is 2. The van der Waals surface area contributed by atoms with Crippen LogP contribution in [-0.4, -0.2) is 6.54 Å². The summed E-state index contributed by atoms with van der Waals surface area (Å²) in [4.78, 5) is 0. The van der Waals surface area contributed by atoms with Crippen molar-refractivity contribution in [2.45, 2.75) is 13.3 Å². The summed E-state index contributed by atoms with van der Waals surface area (Å²) in [5.41, 5.74) is 2.18. The van der Waals surface area contributed by atoms with Gasteiger partial charge in [-0.3, -0.25) is 0 Å². The van der Waals surface area contributed by atoms with Gasteiger partial charge in [-0.15, -0.1) is 0 Å². The van der Waals surface area contributed by atoms with E-state index in [0.29, 0.717) is 0 Å². The minimum atomic E-state index is -0.242. The number of para-hydroxylation sites is 1. The number of anilines is 1. The van der Waals surface area contributed by atoms with Gasteiger partial charge in [0.1, 0.15) is 0 Å². The molecule has 0 aliphatic carbocycles. The van der Waals surface area contributed by atoms with Crippen LogP contribution in [0, 0.1) is 16.7 Å². The molecule has 1 aromatic carbocycles. The van der Waals surface area contributed by atoms with Gasteiger partial charge in [-0.25, -0.2) is 0 Å². The average molecular weight is 172 g/mol.